The molecule has 2 heterocycles. The Morgan fingerprint density at radius 3 is 2.75 bits per heavy atom. The van der Waals surface area contributed by atoms with E-state index in [9.17, 15) is 4.79 Å². The summed E-state index contributed by atoms with van der Waals surface area (Å²) < 4.78 is 0. The predicted octanol–water partition coefficient (Wildman–Crippen LogP) is 2.48. The molecular weight excluding hydrogens is 270 g/mol. The number of pyridine rings is 1. The third-order valence-corrected chi connectivity index (χ3v) is 4.05. The number of hydrogen-bond donors (Lipinski definition) is 1. The largest absolute Gasteiger partial charge is 0.349 e. The molecule has 5 heteroatoms. The van der Waals surface area contributed by atoms with Crippen LogP contribution >= 0.6 is 11.3 Å². The van der Waals surface area contributed by atoms with Crippen LogP contribution in [0.5, 0.6) is 0 Å². The number of thiophene rings is 1. The van der Waals surface area contributed by atoms with E-state index in [2.05, 4.69) is 26.6 Å². The molecule has 0 bridgehead atoms. The second-order valence-corrected chi connectivity index (χ2v) is 5.85. The molecule has 106 valence electrons. The van der Waals surface area contributed by atoms with Gasteiger partial charge in [0.1, 0.15) is 5.69 Å². The summed E-state index contributed by atoms with van der Waals surface area (Å²) in [6, 6.07) is 9.76. The Bertz CT molecular complexity index is 566. The van der Waals surface area contributed by atoms with E-state index in [0.717, 1.165) is 5.69 Å². The monoisotopic (exact) mass is 289 g/mol. The lowest BCUT2D eigenvalue weighted by Crippen LogP contribution is -2.34. The molecule has 0 saturated heterocycles. The fraction of sp³-hybridized carbons (Fsp3) is 0.333. The maximum absolute atomic E-state index is 12.1. The number of nitrogens with one attached hydrogen (secondary N) is 1. The molecule has 0 saturated carbocycles. The Hall–Kier alpha value is -1.72. The number of aromatic nitrogens is 1. The van der Waals surface area contributed by atoms with Crippen molar-refractivity contribution in [3.8, 4) is 0 Å². The molecule has 0 unspecified atom stereocenters. The smallest absolute Gasteiger partial charge is 0.269 e. The molecule has 0 aliphatic carbocycles. The van der Waals surface area contributed by atoms with Gasteiger partial charge in [-0.1, -0.05) is 12.1 Å². The van der Waals surface area contributed by atoms with E-state index in [1.165, 1.54) is 4.88 Å². The zero-order valence-corrected chi connectivity index (χ0v) is 12.8. The number of hydrogen-bond acceptors (Lipinski definition) is 4. The molecule has 0 fully saturated rings. The van der Waals surface area contributed by atoms with E-state index in [-0.39, 0.29) is 11.9 Å². The topological polar surface area (TPSA) is 45.2 Å². The van der Waals surface area contributed by atoms with Crippen molar-refractivity contribution in [2.24, 2.45) is 0 Å². The van der Waals surface area contributed by atoms with E-state index >= 15 is 0 Å². The van der Waals surface area contributed by atoms with Crippen LogP contribution in [0.2, 0.25) is 0 Å². The Labute approximate surface area is 123 Å². The summed E-state index contributed by atoms with van der Waals surface area (Å²) in [5.41, 5.74) is 1.31. The Balaban J connectivity index is 2.01. The molecular formula is C15H19N3OS. The molecule has 0 aliphatic heterocycles. The molecule has 2 rings (SSSR count). The molecule has 2 aromatic heterocycles. The average molecular weight is 289 g/mol. The minimum Gasteiger partial charge on any atom is -0.349 e. The van der Waals surface area contributed by atoms with Crippen LogP contribution in [0.15, 0.2) is 35.7 Å². The fourth-order valence-electron chi connectivity index (χ4n) is 1.97. The van der Waals surface area contributed by atoms with E-state index in [1.807, 2.05) is 39.2 Å². The van der Waals surface area contributed by atoms with Gasteiger partial charge in [-0.3, -0.25) is 4.79 Å². The molecule has 0 spiro atoms. The molecule has 1 atom stereocenters. The lowest BCUT2D eigenvalue weighted by molar-refractivity contribution is 0.0937. The van der Waals surface area contributed by atoms with Crippen molar-refractivity contribution in [3.05, 3.63) is 52.0 Å². The quantitative estimate of drug-likeness (QED) is 0.920. The van der Waals surface area contributed by atoms with Crippen LogP contribution in [0.3, 0.4) is 0 Å². The second kappa shape index (κ2) is 6.63. The van der Waals surface area contributed by atoms with Crippen molar-refractivity contribution in [3.63, 3.8) is 0 Å². The zero-order valence-electron chi connectivity index (χ0n) is 12.0. The van der Waals surface area contributed by atoms with Crippen LogP contribution in [0.25, 0.3) is 0 Å². The van der Waals surface area contributed by atoms with Crippen LogP contribution in [0.1, 0.15) is 27.1 Å². The number of nitrogens with zero attached hydrogens (tertiary/aromatic N) is 2. The molecule has 0 aliphatic rings. The van der Waals surface area contributed by atoms with Crippen LogP contribution in [-0.2, 0) is 0 Å². The Morgan fingerprint density at radius 1 is 1.35 bits per heavy atom. The zero-order chi connectivity index (χ0) is 14.5. The minimum absolute atomic E-state index is 0.128. The molecule has 20 heavy (non-hydrogen) atoms. The van der Waals surface area contributed by atoms with Crippen LogP contribution in [-0.4, -0.2) is 36.4 Å². The number of amides is 1. The third-order valence-electron chi connectivity index (χ3n) is 3.07. The van der Waals surface area contributed by atoms with Crippen LogP contribution in [0.4, 0.5) is 0 Å². The Morgan fingerprint density at radius 2 is 2.15 bits per heavy atom. The number of aryl methyl sites for hydroxylation is 1. The molecule has 0 radical (unpaired) electrons. The third kappa shape index (κ3) is 3.65. The summed E-state index contributed by atoms with van der Waals surface area (Å²) in [5, 5.41) is 5.01. The van der Waals surface area contributed by atoms with Gasteiger partial charge in [0.2, 0.25) is 0 Å². The summed E-state index contributed by atoms with van der Waals surface area (Å²) in [4.78, 5) is 19.7. The standard InChI is InChI=1S/C15H19N3OS/c1-11-6-4-7-12(17-11)15(19)16-10-13(18(2)3)14-8-5-9-20-14/h4-9,13H,10H2,1-3H3,(H,16,19)/t13-/m1/s1. The average Bonchev–Trinajstić information content (AvgIpc) is 2.92. The first-order valence-corrected chi connectivity index (χ1v) is 7.37. The van der Waals surface area contributed by atoms with E-state index in [4.69, 9.17) is 0 Å². The highest BCUT2D eigenvalue weighted by atomic mass is 32.1. The van der Waals surface area contributed by atoms with Gasteiger partial charge < -0.3 is 10.2 Å². The van der Waals surface area contributed by atoms with Crippen molar-refractivity contribution in [1.82, 2.24) is 15.2 Å². The molecule has 4 nitrogen and oxygen atoms in total. The van der Waals surface area contributed by atoms with Crippen molar-refractivity contribution in [1.29, 1.82) is 0 Å². The number of likely N-dealkylation sites (N-methyl/N-ethyl adjacent to an activating group) is 1. The van der Waals surface area contributed by atoms with Crippen LogP contribution < -0.4 is 5.32 Å². The van der Waals surface area contributed by atoms with Crippen molar-refractivity contribution in [2.75, 3.05) is 20.6 Å². The van der Waals surface area contributed by atoms with Gasteiger partial charge in [-0.15, -0.1) is 11.3 Å². The van der Waals surface area contributed by atoms with Crippen molar-refractivity contribution < 1.29 is 4.79 Å². The molecule has 0 aromatic carbocycles. The maximum atomic E-state index is 12.1. The van der Waals surface area contributed by atoms with Gasteiger partial charge in [0.15, 0.2) is 0 Å². The fourth-order valence-corrected chi connectivity index (χ4v) is 2.89. The molecule has 1 amide bonds. The van der Waals surface area contributed by atoms with Gasteiger partial charge in [0.25, 0.3) is 5.91 Å². The minimum atomic E-state index is -0.128. The number of rotatable bonds is 5. The van der Waals surface area contributed by atoms with Crippen molar-refractivity contribution in [2.45, 2.75) is 13.0 Å². The highest BCUT2D eigenvalue weighted by Gasteiger charge is 2.17. The molecule has 1 N–H and O–H groups in total. The SMILES string of the molecule is Cc1cccc(C(=O)NC[C@H](c2cccs2)N(C)C)n1. The number of carbonyl (C=O) groups is 1. The highest BCUT2D eigenvalue weighted by Crippen LogP contribution is 2.22. The summed E-state index contributed by atoms with van der Waals surface area (Å²) in [6.45, 7) is 2.45. The summed E-state index contributed by atoms with van der Waals surface area (Å²) >= 11 is 1.70. The van der Waals surface area contributed by atoms with Gasteiger partial charge in [-0.05, 0) is 44.6 Å². The van der Waals surface area contributed by atoms with Gasteiger partial charge in [0.05, 0.1) is 6.04 Å². The van der Waals surface area contributed by atoms with Crippen LogP contribution in [0, 0.1) is 6.92 Å². The van der Waals surface area contributed by atoms with E-state index in [0.29, 0.717) is 12.2 Å². The predicted molar refractivity (Wildman–Crippen MR) is 82.1 cm³/mol. The maximum Gasteiger partial charge on any atom is 0.269 e. The normalized spacial score (nSPS) is 12.4. The second-order valence-electron chi connectivity index (χ2n) is 4.87. The van der Waals surface area contributed by atoms with Gasteiger partial charge >= 0.3 is 0 Å². The summed E-state index contributed by atoms with van der Waals surface area (Å²) in [7, 11) is 4.03. The summed E-state index contributed by atoms with van der Waals surface area (Å²) in [5.74, 6) is -0.128. The Kier molecular flexibility index (Phi) is 4.87. The first kappa shape index (κ1) is 14.7. The van der Waals surface area contributed by atoms with Crippen molar-refractivity contribution >= 4 is 17.2 Å². The van der Waals surface area contributed by atoms with Gasteiger partial charge in [-0.25, -0.2) is 4.98 Å². The first-order valence-electron chi connectivity index (χ1n) is 6.49. The molecule has 2 aromatic rings. The van der Waals surface area contributed by atoms with Gasteiger partial charge in [-0.2, -0.15) is 0 Å². The number of carbonyl (C=O) groups excluding carboxylic acids is 1. The van der Waals surface area contributed by atoms with E-state index in [1.54, 1.807) is 17.4 Å². The first-order chi connectivity index (χ1) is 9.58. The van der Waals surface area contributed by atoms with Gasteiger partial charge in [0, 0.05) is 17.1 Å². The lowest BCUT2D eigenvalue weighted by atomic mass is 10.2. The highest BCUT2D eigenvalue weighted by molar-refractivity contribution is 7.10. The summed E-state index contributed by atoms with van der Waals surface area (Å²) in [6.07, 6.45) is 0. The van der Waals surface area contributed by atoms with E-state index < -0.39 is 0 Å². The lowest BCUT2D eigenvalue weighted by Gasteiger charge is -2.23.